The molecule has 1 unspecified atom stereocenters. The van der Waals surface area contributed by atoms with Gasteiger partial charge in [-0.2, -0.15) is 4.72 Å². The van der Waals surface area contributed by atoms with E-state index in [0.29, 0.717) is 17.4 Å². The lowest BCUT2D eigenvalue weighted by atomic mass is 10.1. The maximum Gasteiger partial charge on any atom is 0.245 e. The Morgan fingerprint density at radius 1 is 1.48 bits per heavy atom. The molecular formula is C12H16BrN3O4S. The van der Waals surface area contributed by atoms with E-state index in [0.717, 1.165) is 6.42 Å². The van der Waals surface area contributed by atoms with E-state index < -0.39 is 16.1 Å². The molecule has 0 radical (unpaired) electrons. The molecule has 1 aromatic rings. The van der Waals surface area contributed by atoms with Crippen molar-refractivity contribution in [3.8, 4) is 5.75 Å². The lowest BCUT2D eigenvalue weighted by molar-refractivity contribution is -0.124. The van der Waals surface area contributed by atoms with Crippen molar-refractivity contribution in [3.05, 3.63) is 16.6 Å². The Morgan fingerprint density at radius 2 is 2.19 bits per heavy atom. The number of methoxy groups -OCH3 is 1. The predicted molar refractivity (Wildman–Crippen MR) is 81.5 cm³/mol. The quantitative estimate of drug-likeness (QED) is 0.665. The molecule has 1 fully saturated rings. The Morgan fingerprint density at radius 3 is 2.81 bits per heavy atom. The highest BCUT2D eigenvalue weighted by Gasteiger charge is 2.29. The van der Waals surface area contributed by atoms with Crippen LogP contribution in [0, 0.1) is 0 Å². The first-order valence-electron chi connectivity index (χ1n) is 6.28. The Bertz CT molecular complexity index is 663. The van der Waals surface area contributed by atoms with Crippen LogP contribution in [0.2, 0.25) is 0 Å². The number of anilines is 1. The van der Waals surface area contributed by atoms with Crippen LogP contribution >= 0.6 is 15.9 Å². The number of halogens is 1. The molecule has 1 aliphatic heterocycles. The van der Waals surface area contributed by atoms with Crippen LogP contribution in [0.4, 0.5) is 5.69 Å². The van der Waals surface area contributed by atoms with E-state index in [9.17, 15) is 13.2 Å². The molecule has 1 aliphatic rings. The van der Waals surface area contributed by atoms with Crippen molar-refractivity contribution in [2.75, 3.05) is 19.4 Å². The van der Waals surface area contributed by atoms with Crippen LogP contribution < -0.4 is 20.5 Å². The highest BCUT2D eigenvalue weighted by molar-refractivity contribution is 9.10. The number of piperidine rings is 1. The molecule has 1 amide bonds. The molecule has 2 rings (SSSR count). The van der Waals surface area contributed by atoms with Crippen LogP contribution in [0.1, 0.15) is 12.8 Å². The second-order valence-corrected chi connectivity index (χ2v) is 7.17. The number of benzene rings is 1. The average Bonchev–Trinajstić information content (AvgIpc) is 2.43. The van der Waals surface area contributed by atoms with Gasteiger partial charge in [-0.3, -0.25) is 4.79 Å². The number of ether oxygens (including phenoxy) is 1. The Hall–Kier alpha value is -1.32. The number of nitrogens with two attached hydrogens (primary N) is 1. The summed E-state index contributed by atoms with van der Waals surface area (Å²) in [7, 11) is -2.55. The van der Waals surface area contributed by atoms with Gasteiger partial charge >= 0.3 is 0 Å². The fraction of sp³-hybridized carbons (Fsp3) is 0.417. The van der Waals surface area contributed by atoms with Crippen LogP contribution in [-0.4, -0.2) is 34.0 Å². The monoisotopic (exact) mass is 377 g/mol. The van der Waals surface area contributed by atoms with Crippen molar-refractivity contribution in [1.82, 2.24) is 10.0 Å². The molecule has 1 heterocycles. The zero-order valence-corrected chi connectivity index (χ0v) is 13.8. The third kappa shape index (κ3) is 3.47. The summed E-state index contributed by atoms with van der Waals surface area (Å²) in [6.45, 7) is 0.561. The third-order valence-corrected chi connectivity index (χ3v) is 5.33. The molecule has 21 heavy (non-hydrogen) atoms. The molecule has 0 aliphatic carbocycles. The molecule has 1 aromatic carbocycles. The molecule has 116 valence electrons. The fourth-order valence-corrected chi connectivity index (χ4v) is 3.79. The first-order chi connectivity index (χ1) is 9.85. The number of hydrogen-bond donors (Lipinski definition) is 3. The minimum absolute atomic E-state index is 0.0935. The van der Waals surface area contributed by atoms with E-state index in [2.05, 4.69) is 26.0 Å². The summed E-state index contributed by atoms with van der Waals surface area (Å²) in [4.78, 5) is 11.6. The van der Waals surface area contributed by atoms with Crippen molar-refractivity contribution in [2.45, 2.75) is 23.8 Å². The number of carbonyl (C=O) groups is 1. The van der Waals surface area contributed by atoms with Gasteiger partial charge in [0.15, 0.2) is 0 Å². The molecular weight excluding hydrogens is 362 g/mol. The van der Waals surface area contributed by atoms with E-state index in [1.807, 2.05) is 0 Å². The summed E-state index contributed by atoms with van der Waals surface area (Å²) in [6, 6.07) is 2.00. The van der Waals surface area contributed by atoms with E-state index >= 15 is 0 Å². The Balaban J connectivity index is 2.35. The summed E-state index contributed by atoms with van der Waals surface area (Å²) in [5, 5.41) is 2.63. The first-order valence-corrected chi connectivity index (χ1v) is 8.56. The van der Waals surface area contributed by atoms with Gasteiger partial charge in [0.25, 0.3) is 0 Å². The largest absolute Gasteiger partial charge is 0.495 e. The maximum atomic E-state index is 12.4. The highest BCUT2D eigenvalue weighted by atomic mass is 79.9. The number of sulfonamides is 1. The highest BCUT2D eigenvalue weighted by Crippen LogP contribution is 2.32. The van der Waals surface area contributed by atoms with Gasteiger partial charge in [0, 0.05) is 16.7 Å². The van der Waals surface area contributed by atoms with E-state index in [4.69, 9.17) is 10.5 Å². The van der Waals surface area contributed by atoms with Gasteiger partial charge in [0.1, 0.15) is 16.7 Å². The number of hydrogen-bond acceptors (Lipinski definition) is 5. The van der Waals surface area contributed by atoms with E-state index in [1.165, 1.54) is 19.2 Å². The van der Waals surface area contributed by atoms with Gasteiger partial charge in [-0.05, 0) is 40.9 Å². The van der Waals surface area contributed by atoms with Gasteiger partial charge in [-0.15, -0.1) is 0 Å². The van der Waals surface area contributed by atoms with Gasteiger partial charge in [-0.1, -0.05) is 0 Å². The molecule has 9 heteroatoms. The minimum atomic E-state index is -3.91. The van der Waals surface area contributed by atoms with Crippen molar-refractivity contribution >= 4 is 37.5 Å². The molecule has 7 nitrogen and oxygen atoms in total. The standard InChI is InChI=1S/C12H16BrN3O4S/c1-20-10-5-7(13)8(14)6-11(10)21(18,19)16-9-3-2-4-15-12(9)17/h5-6,9,16H,2-4,14H2,1H3,(H,15,17). The predicted octanol–water partition coefficient (Wildman–Crippen LogP) is 0.597. The van der Waals surface area contributed by atoms with Crippen molar-refractivity contribution in [2.24, 2.45) is 0 Å². The zero-order valence-electron chi connectivity index (χ0n) is 11.3. The van der Waals surface area contributed by atoms with Crippen LogP contribution in [0.5, 0.6) is 5.75 Å². The number of carbonyl (C=O) groups excluding carboxylic acids is 1. The summed E-state index contributed by atoms with van der Waals surface area (Å²) in [5.41, 5.74) is 6.00. The van der Waals surface area contributed by atoms with Crippen LogP contribution in [0.3, 0.4) is 0 Å². The van der Waals surface area contributed by atoms with Crippen LogP contribution in [-0.2, 0) is 14.8 Å². The molecule has 4 N–H and O–H groups in total. The Labute approximate surface area is 131 Å². The SMILES string of the molecule is COc1cc(Br)c(N)cc1S(=O)(=O)NC1CCCNC1=O. The number of rotatable bonds is 4. The van der Waals surface area contributed by atoms with Crippen LogP contribution in [0.15, 0.2) is 21.5 Å². The maximum absolute atomic E-state index is 12.4. The second kappa shape index (κ2) is 6.20. The van der Waals surface area contributed by atoms with Crippen LogP contribution in [0.25, 0.3) is 0 Å². The van der Waals surface area contributed by atoms with Crippen molar-refractivity contribution in [1.29, 1.82) is 0 Å². The lowest BCUT2D eigenvalue weighted by Crippen LogP contribution is -2.50. The Kier molecular flexibility index (Phi) is 4.74. The van der Waals surface area contributed by atoms with Crippen molar-refractivity contribution < 1.29 is 17.9 Å². The normalized spacial score (nSPS) is 19.1. The van der Waals surface area contributed by atoms with Gasteiger partial charge in [0.05, 0.1) is 7.11 Å². The molecule has 0 saturated carbocycles. The second-order valence-electron chi connectivity index (χ2n) is 4.63. The molecule has 0 spiro atoms. The third-order valence-electron chi connectivity index (χ3n) is 3.16. The van der Waals surface area contributed by atoms with Gasteiger partial charge in [0.2, 0.25) is 15.9 Å². The van der Waals surface area contributed by atoms with E-state index in [-0.39, 0.29) is 22.2 Å². The first kappa shape index (κ1) is 16.1. The number of nitrogen functional groups attached to an aromatic ring is 1. The van der Waals surface area contributed by atoms with Gasteiger partial charge < -0.3 is 15.8 Å². The average molecular weight is 378 g/mol. The molecule has 0 bridgehead atoms. The fourth-order valence-electron chi connectivity index (χ4n) is 2.06. The topological polar surface area (TPSA) is 111 Å². The smallest absolute Gasteiger partial charge is 0.245 e. The van der Waals surface area contributed by atoms with Crippen molar-refractivity contribution in [3.63, 3.8) is 0 Å². The molecule has 1 atom stereocenters. The molecule has 0 aromatic heterocycles. The lowest BCUT2D eigenvalue weighted by Gasteiger charge is -2.23. The zero-order chi connectivity index (χ0) is 15.6. The molecule has 1 saturated heterocycles. The van der Waals surface area contributed by atoms with Gasteiger partial charge in [-0.25, -0.2) is 8.42 Å². The summed E-state index contributed by atoms with van der Waals surface area (Å²) < 4.78 is 32.9. The summed E-state index contributed by atoms with van der Waals surface area (Å²) >= 11 is 3.21. The van der Waals surface area contributed by atoms with E-state index in [1.54, 1.807) is 0 Å². The number of nitrogens with one attached hydrogen (secondary N) is 2. The minimum Gasteiger partial charge on any atom is -0.495 e. The summed E-state index contributed by atoms with van der Waals surface area (Å²) in [6.07, 6.45) is 1.18. The summed E-state index contributed by atoms with van der Waals surface area (Å²) in [5.74, 6) is -0.173. The number of amides is 1.